The van der Waals surface area contributed by atoms with Crippen molar-refractivity contribution in [2.45, 2.75) is 20.4 Å². The Morgan fingerprint density at radius 1 is 1.19 bits per heavy atom. The SMILES string of the molecule is COc1ccc(C)cc1NCc1ccc(C(N)=O)cc1C. The summed E-state index contributed by atoms with van der Waals surface area (Å²) in [6.07, 6.45) is 0. The molecule has 0 aromatic heterocycles. The average molecular weight is 284 g/mol. The number of carbonyl (C=O) groups is 1. The third-order valence-electron chi connectivity index (χ3n) is 3.45. The highest BCUT2D eigenvalue weighted by Gasteiger charge is 2.06. The van der Waals surface area contributed by atoms with Crippen LogP contribution in [0.5, 0.6) is 5.75 Å². The maximum atomic E-state index is 11.2. The Morgan fingerprint density at radius 2 is 1.95 bits per heavy atom. The summed E-state index contributed by atoms with van der Waals surface area (Å²) in [5, 5.41) is 3.37. The Hall–Kier alpha value is -2.49. The fourth-order valence-electron chi connectivity index (χ4n) is 2.20. The normalized spacial score (nSPS) is 10.2. The van der Waals surface area contributed by atoms with Crippen molar-refractivity contribution in [3.8, 4) is 5.75 Å². The average Bonchev–Trinajstić information content (AvgIpc) is 2.46. The van der Waals surface area contributed by atoms with Crippen LogP contribution in [0.15, 0.2) is 36.4 Å². The molecule has 0 aliphatic rings. The van der Waals surface area contributed by atoms with Gasteiger partial charge in [-0.15, -0.1) is 0 Å². The van der Waals surface area contributed by atoms with E-state index < -0.39 is 5.91 Å². The molecule has 21 heavy (non-hydrogen) atoms. The highest BCUT2D eigenvalue weighted by Crippen LogP contribution is 2.26. The molecule has 0 unspecified atom stereocenters. The minimum atomic E-state index is -0.405. The van der Waals surface area contributed by atoms with Crippen molar-refractivity contribution in [1.29, 1.82) is 0 Å². The van der Waals surface area contributed by atoms with E-state index >= 15 is 0 Å². The maximum absolute atomic E-state index is 11.2. The minimum absolute atomic E-state index is 0.405. The van der Waals surface area contributed by atoms with Crippen LogP contribution in [-0.4, -0.2) is 13.0 Å². The molecule has 0 aliphatic carbocycles. The molecule has 0 saturated heterocycles. The largest absolute Gasteiger partial charge is 0.495 e. The third-order valence-corrected chi connectivity index (χ3v) is 3.45. The van der Waals surface area contributed by atoms with Crippen LogP contribution in [0.1, 0.15) is 27.0 Å². The molecule has 0 radical (unpaired) electrons. The topological polar surface area (TPSA) is 64.3 Å². The van der Waals surface area contributed by atoms with Gasteiger partial charge in [0.2, 0.25) is 5.91 Å². The molecule has 3 N–H and O–H groups in total. The van der Waals surface area contributed by atoms with Crippen LogP contribution in [0.3, 0.4) is 0 Å². The number of nitrogens with two attached hydrogens (primary N) is 1. The molecule has 0 aliphatic heterocycles. The number of carbonyl (C=O) groups excluding carboxylic acids is 1. The molecule has 0 fully saturated rings. The second kappa shape index (κ2) is 6.31. The molecule has 2 rings (SSSR count). The number of hydrogen-bond donors (Lipinski definition) is 2. The number of aryl methyl sites for hydroxylation is 2. The molecule has 110 valence electrons. The van der Waals surface area contributed by atoms with Crippen LogP contribution in [0.4, 0.5) is 5.69 Å². The van der Waals surface area contributed by atoms with Crippen molar-refractivity contribution < 1.29 is 9.53 Å². The highest BCUT2D eigenvalue weighted by atomic mass is 16.5. The first-order valence-electron chi connectivity index (χ1n) is 6.79. The number of nitrogens with one attached hydrogen (secondary N) is 1. The van der Waals surface area contributed by atoms with Gasteiger partial charge >= 0.3 is 0 Å². The molecular weight excluding hydrogens is 264 g/mol. The van der Waals surface area contributed by atoms with Crippen LogP contribution in [-0.2, 0) is 6.54 Å². The van der Waals surface area contributed by atoms with Crippen LogP contribution in [0, 0.1) is 13.8 Å². The Balaban J connectivity index is 2.17. The molecule has 0 bridgehead atoms. The summed E-state index contributed by atoms with van der Waals surface area (Å²) in [5.74, 6) is 0.407. The minimum Gasteiger partial charge on any atom is -0.495 e. The highest BCUT2D eigenvalue weighted by molar-refractivity contribution is 5.93. The molecule has 2 aromatic carbocycles. The number of benzene rings is 2. The van der Waals surface area contributed by atoms with Crippen LogP contribution < -0.4 is 15.8 Å². The van der Waals surface area contributed by atoms with Gasteiger partial charge in [0.1, 0.15) is 5.75 Å². The van der Waals surface area contributed by atoms with E-state index in [1.54, 1.807) is 13.2 Å². The number of rotatable bonds is 5. The Morgan fingerprint density at radius 3 is 2.57 bits per heavy atom. The van der Waals surface area contributed by atoms with E-state index in [2.05, 4.69) is 5.32 Å². The van der Waals surface area contributed by atoms with Gasteiger partial charge in [0.05, 0.1) is 12.8 Å². The summed E-state index contributed by atoms with van der Waals surface area (Å²) in [6.45, 7) is 4.67. The van der Waals surface area contributed by atoms with Crippen molar-refractivity contribution in [3.63, 3.8) is 0 Å². The van der Waals surface area contributed by atoms with Gasteiger partial charge in [0, 0.05) is 12.1 Å². The van der Waals surface area contributed by atoms with Gasteiger partial charge in [-0.2, -0.15) is 0 Å². The van der Waals surface area contributed by atoms with Gasteiger partial charge < -0.3 is 15.8 Å². The quantitative estimate of drug-likeness (QED) is 0.887. The van der Waals surface area contributed by atoms with Crippen LogP contribution in [0.25, 0.3) is 0 Å². The number of hydrogen-bond acceptors (Lipinski definition) is 3. The van der Waals surface area contributed by atoms with E-state index in [0.717, 1.165) is 22.6 Å². The van der Waals surface area contributed by atoms with Crippen molar-refractivity contribution in [1.82, 2.24) is 0 Å². The third kappa shape index (κ3) is 3.54. The monoisotopic (exact) mass is 284 g/mol. The fraction of sp³-hybridized carbons (Fsp3) is 0.235. The lowest BCUT2D eigenvalue weighted by atomic mass is 10.0. The standard InChI is InChI=1S/C17H20N2O2/c1-11-4-7-16(21-3)15(8-11)19-10-14-6-5-13(17(18)20)9-12(14)2/h4-9,19H,10H2,1-3H3,(H2,18,20). The predicted octanol–water partition coefficient (Wildman–Crippen LogP) is 3.02. The van der Waals surface area contributed by atoms with E-state index in [0.29, 0.717) is 12.1 Å². The first kappa shape index (κ1) is 14.9. The van der Waals surface area contributed by atoms with E-state index in [4.69, 9.17) is 10.5 Å². The number of anilines is 1. The second-order valence-corrected chi connectivity index (χ2v) is 5.06. The first-order valence-corrected chi connectivity index (χ1v) is 6.79. The lowest BCUT2D eigenvalue weighted by molar-refractivity contribution is 0.1000. The van der Waals surface area contributed by atoms with Crippen LogP contribution >= 0.6 is 0 Å². The van der Waals surface area contributed by atoms with Gasteiger partial charge in [0.25, 0.3) is 0 Å². The summed E-state index contributed by atoms with van der Waals surface area (Å²) in [6, 6.07) is 11.5. The van der Waals surface area contributed by atoms with Gasteiger partial charge in [0.15, 0.2) is 0 Å². The van der Waals surface area contributed by atoms with E-state index in [-0.39, 0.29) is 0 Å². The number of ether oxygens (including phenoxy) is 1. The smallest absolute Gasteiger partial charge is 0.248 e. The van der Waals surface area contributed by atoms with Crippen molar-refractivity contribution in [3.05, 3.63) is 58.7 Å². The lowest BCUT2D eigenvalue weighted by Crippen LogP contribution is -2.12. The number of methoxy groups -OCH3 is 1. The lowest BCUT2D eigenvalue weighted by Gasteiger charge is -2.13. The van der Waals surface area contributed by atoms with E-state index in [1.807, 2.05) is 44.2 Å². The summed E-state index contributed by atoms with van der Waals surface area (Å²) < 4.78 is 5.35. The molecule has 0 saturated carbocycles. The molecule has 4 heteroatoms. The van der Waals surface area contributed by atoms with Crippen molar-refractivity contribution >= 4 is 11.6 Å². The summed E-state index contributed by atoms with van der Waals surface area (Å²) in [4.78, 5) is 11.2. The zero-order valence-corrected chi connectivity index (χ0v) is 12.6. The summed E-state index contributed by atoms with van der Waals surface area (Å²) >= 11 is 0. The molecule has 0 heterocycles. The Labute approximate surface area is 124 Å². The first-order chi connectivity index (χ1) is 10.0. The van der Waals surface area contributed by atoms with Crippen molar-refractivity contribution in [2.75, 3.05) is 12.4 Å². The van der Waals surface area contributed by atoms with Crippen LogP contribution in [0.2, 0.25) is 0 Å². The molecule has 0 spiro atoms. The van der Waals surface area contributed by atoms with Gasteiger partial charge in [-0.25, -0.2) is 0 Å². The zero-order chi connectivity index (χ0) is 15.4. The molecule has 1 amide bonds. The van der Waals surface area contributed by atoms with E-state index in [9.17, 15) is 4.79 Å². The van der Waals surface area contributed by atoms with Gasteiger partial charge in [-0.3, -0.25) is 4.79 Å². The molecule has 4 nitrogen and oxygen atoms in total. The predicted molar refractivity (Wildman–Crippen MR) is 84.8 cm³/mol. The Bertz CT molecular complexity index is 666. The number of amides is 1. The zero-order valence-electron chi connectivity index (χ0n) is 12.6. The molecule has 2 aromatic rings. The Kier molecular flexibility index (Phi) is 4.48. The van der Waals surface area contributed by atoms with Crippen molar-refractivity contribution in [2.24, 2.45) is 5.73 Å². The molecular formula is C17H20N2O2. The molecule has 0 atom stereocenters. The summed E-state index contributed by atoms with van der Waals surface area (Å²) in [7, 11) is 1.66. The number of primary amides is 1. The van der Waals surface area contributed by atoms with E-state index in [1.165, 1.54) is 5.56 Å². The van der Waals surface area contributed by atoms with Gasteiger partial charge in [-0.1, -0.05) is 12.1 Å². The fourth-order valence-corrected chi connectivity index (χ4v) is 2.20. The maximum Gasteiger partial charge on any atom is 0.248 e. The summed E-state index contributed by atoms with van der Waals surface area (Å²) in [5.41, 5.74) is 10.1. The second-order valence-electron chi connectivity index (χ2n) is 5.06. The van der Waals surface area contributed by atoms with Gasteiger partial charge in [-0.05, 0) is 54.8 Å².